The van der Waals surface area contributed by atoms with Crippen molar-refractivity contribution in [2.24, 2.45) is 0 Å². The van der Waals surface area contributed by atoms with Crippen LogP contribution in [0.4, 0.5) is 0 Å². The standard InChI is InChI=1S/C17H23N3/c1-14-5-4-6-17(19-14)13-20(3)12-16-9-7-15(8-10-16)11-18-2/h4-10,18H,11-13H2,1-3H3. The Labute approximate surface area is 121 Å². The molecule has 1 aromatic heterocycles. The molecule has 2 rings (SSSR count). The minimum atomic E-state index is 0.875. The summed E-state index contributed by atoms with van der Waals surface area (Å²) in [4.78, 5) is 6.83. The van der Waals surface area contributed by atoms with Gasteiger partial charge >= 0.3 is 0 Å². The molecule has 0 saturated heterocycles. The Morgan fingerprint density at radius 2 is 1.70 bits per heavy atom. The van der Waals surface area contributed by atoms with Crippen LogP contribution in [-0.4, -0.2) is 24.0 Å². The number of hydrogen-bond acceptors (Lipinski definition) is 3. The SMILES string of the molecule is CNCc1ccc(CN(C)Cc2cccc(C)n2)cc1. The molecule has 1 heterocycles. The number of rotatable bonds is 6. The molecule has 0 aliphatic rings. The monoisotopic (exact) mass is 269 g/mol. The maximum Gasteiger partial charge on any atom is 0.0547 e. The fraction of sp³-hybridized carbons (Fsp3) is 0.353. The molecular weight excluding hydrogens is 246 g/mol. The van der Waals surface area contributed by atoms with E-state index in [1.807, 2.05) is 20.0 Å². The van der Waals surface area contributed by atoms with E-state index in [4.69, 9.17) is 0 Å². The lowest BCUT2D eigenvalue weighted by molar-refractivity contribution is 0.315. The zero-order valence-electron chi connectivity index (χ0n) is 12.6. The van der Waals surface area contributed by atoms with Crippen LogP contribution in [0.2, 0.25) is 0 Å². The summed E-state index contributed by atoms with van der Waals surface area (Å²) >= 11 is 0. The molecule has 0 fully saturated rings. The van der Waals surface area contributed by atoms with Gasteiger partial charge in [-0.3, -0.25) is 9.88 Å². The molecule has 3 heteroatoms. The lowest BCUT2D eigenvalue weighted by Gasteiger charge is -2.16. The first-order valence-corrected chi connectivity index (χ1v) is 7.01. The van der Waals surface area contributed by atoms with E-state index in [0.717, 1.165) is 31.0 Å². The maximum absolute atomic E-state index is 4.54. The van der Waals surface area contributed by atoms with Crippen LogP contribution in [0, 0.1) is 6.92 Å². The van der Waals surface area contributed by atoms with Crippen molar-refractivity contribution in [1.82, 2.24) is 15.2 Å². The van der Waals surface area contributed by atoms with Gasteiger partial charge < -0.3 is 5.32 Å². The van der Waals surface area contributed by atoms with Crippen molar-refractivity contribution in [3.63, 3.8) is 0 Å². The van der Waals surface area contributed by atoms with Crippen LogP contribution in [0.3, 0.4) is 0 Å². The lowest BCUT2D eigenvalue weighted by Crippen LogP contribution is -2.18. The number of hydrogen-bond donors (Lipinski definition) is 1. The summed E-state index contributed by atoms with van der Waals surface area (Å²) in [7, 11) is 4.10. The van der Waals surface area contributed by atoms with E-state index >= 15 is 0 Å². The van der Waals surface area contributed by atoms with Gasteiger partial charge in [-0.1, -0.05) is 30.3 Å². The molecule has 2 aromatic rings. The molecule has 3 nitrogen and oxygen atoms in total. The molecule has 0 aliphatic carbocycles. The summed E-state index contributed by atoms with van der Waals surface area (Å²) in [5.41, 5.74) is 4.85. The molecule has 0 spiro atoms. The molecule has 20 heavy (non-hydrogen) atoms. The van der Waals surface area contributed by atoms with E-state index in [-0.39, 0.29) is 0 Å². The number of benzene rings is 1. The molecule has 1 N–H and O–H groups in total. The number of nitrogens with zero attached hydrogens (tertiary/aromatic N) is 2. The van der Waals surface area contributed by atoms with Gasteiger partial charge in [-0.25, -0.2) is 0 Å². The molecular formula is C17H23N3. The van der Waals surface area contributed by atoms with Crippen molar-refractivity contribution in [1.29, 1.82) is 0 Å². The molecule has 106 valence electrons. The molecule has 0 unspecified atom stereocenters. The number of nitrogens with one attached hydrogen (secondary N) is 1. The smallest absolute Gasteiger partial charge is 0.0547 e. The summed E-state index contributed by atoms with van der Waals surface area (Å²) in [5.74, 6) is 0. The van der Waals surface area contributed by atoms with Crippen LogP contribution in [0.1, 0.15) is 22.5 Å². The normalized spacial score (nSPS) is 11.0. The van der Waals surface area contributed by atoms with Crippen LogP contribution >= 0.6 is 0 Å². The van der Waals surface area contributed by atoms with Crippen LogP contribution in [0.5, 0.6) is 0 Å². The molecule has 0 atom stereocenters. The van der Waals surface area contributed by atoms with Crippen molar-refractivity contribution in [2.75, 3.05) is 14.1 Å². The van der Waals surface area contributed by atoms with Gasteiger partial charge in [-0.05, 0) is 44.3 Å². The van der Waals surface area contributed by atoms with E-state index < -0.39 is 0 Å². The number of aromatic nitrogens is 1. The average Bonchev–Trinajstić information content (AvgIpc) is 2.41. The van der Waals surface area contributed by atoms with Crippen molar-refractivity contribution < 1.29 is 0 Å². The van der Waals surface area contributed by atoms with Gasteiger partial charge in [0.15, 0.2) is 0 Å². The van der Waals surface area contributed by atoms with Crippen LogP contribution in [0.15, 0.2) is 42.5 Å². The van der Waals surface area contributed by atoms with Gasteiger partial charge in [0, 0.05) is 25.3 Å². The second kappa shape index (κ2) is 7.17. The Kier molecular flexibility index (Phi) is 5.27. The summed E-state index contributed by atoms with van der Waals surface area (Å²) in [5, 5.41) is 3.16. The highest BCUT2D eigenvalue weighted by molar-refractivity contribution is 5.22. The summed E-state index contributed by atoms with van der Waals surface area (Å²) < 4.78 is 0. The average molecular weight is 269 g/mol. The second-order valence-electron chi connectivity index (χ2n) is 5.29. The summed E-state index contributed by atoms with van der Waals surface area (Å²) in [6, 6.07) is 15.0. The quantitative estimate of drug-likeness (QED) is 0.874. The molecule has 0 saturated carbocycles. The third-order valence-electron chi connectivity index (χ3n) is 3.23. The van der Waals surface area contributed by atoms with E-state index in [9.17, 15) is 0 Å². The van der Waals surface area contributed by atoms with Crippen LogP contribution in [0.25, 0.3) is 0 Å². The first-order chi connectivity index (χ1) is 9.67. The number of aryl methyl sites for hydroxylation is 1. The van der Waals surface area contributed by atoms with Gasteiger partial charge in [0.2, 0.25) is 0 Å². The Hall–Kier alpha value is -1.71. The highest BCUT2D eigenvalue weighted by atomic mass is 15.1. The summed E-state index contributed by atoms with van der Waals surface area (Å²) in [6.07, 6.45) is 0. The zero-order valence-corrected chi connectivity index (χ0v) is 12.6. The Morgan fingerprint density at radius 3 is 2.35 bits per heavy atom. The highest BCUT2D eigenvalue weighted by Crippen LogP contribution is 2.09. The van der Waals surface area contributed by atoms with E-state index in [0.29, 0.717) is 0 Å². The Morgan fingerprint density at radius 1 is 1.00 bits per heavy atom. The zero-order chi connectivity index (χ0) is 14.4. The lowest BCUT2D eigenvalue weighted by atomic mass is 10.1. The fourth-order valence-corrected chi connectivity index (χ4v) is 2.30. The highest BCUT2D eigenvalue weighted by Gasteiger charge is 2.03. The van der Waals surface area contributed by atoms with Crippen molar-refractivity contribution in [3.8, 4) is 0 Å². The minimum Gasteiger partial charge on any atom is -0.316 e. The largest absolute Gasteiger partial charge is 0.316 e. The van der Waals surface area contributed by atoms with E-state index in [1.54, 1.807) is 0 Å². The predicted molar refractivity (Wildman–Crippen MR) is 83.4 cm³/mol. The van der Waals surface area contributed by atoms with E-state index in [2.05, 4.69) is 58.6 Å². The predicted octanol–water partition coefficient (Wildman–Crippen LogP) is 2.74. The second-order valence-corrected chi connectivity index (χ2v) is 5.29. The first-order valence-electron chi connectivity index (χ1n) is 7.01. The Bertz CT molecular complexity index is 534. The number of pyridine rings is 1. The van der Waals surface area contributed by atoms with E-state index in [1.165, 1.54) is 11.1 Å². The molecule has 0 bridgehead atoms. The van der Waals surface area contributed by atoms with Crippen LogP contribution in [-0.2, 0) is 19.6 Å². The topological polar surface area (TPSA) is 28.2 Å². The van der Waals surface area contributed by atoms with Gasteiger partial charge in [0.05, 0.1) is 5.69 Å². The summed E-state index contributed by atoms with van der Waals surface area (Å²) in [6.45, 7) is 4.77. The van der Waals surface area contributed by atoms with Gasteiger partial charge in [0.25, 0.3) is 0 Å². The maximum atomic E-state index is 4.54. The Balaban J connectivity index is 1.92. The molecule has 0 radical (unpaired) electrons. The van der Waals surface area contributed by atoms with Gasteiger partial charge in [-0.15, -0.1) is 0 Å². The van der Waals surface area contributed by atoms with Gasteiger partial charge in [-0.2, -0.15) is 0 Å². The molecule has 0 amide bonds. The third kappa shape index (κ3) is 4.44. The molecule has 0 aliphatic heterocycles. The van der Waals surface area contributed by atoms with Crippen molar-refractivity contribution >= 4 is 0 Å². The van der Waals surface area contributed by atoms with Crippen LogP contribution < -0.4 is 5.32 Å². The fourth-order valence-electron chi connectivity index (χ4n) is 2.30. The van der Waals surface area contributed by atoms with Crippen molar-refractivity contribution in [2.45, 2.75) is 26.6 Å². The minimum absolute atomic E-state index is 0.875. The third-order valence-corrected chi connectivity index (χ3v) is 3.23. The van der Waals surface area contributed by atoms with Crippen molar-refractivity contribution in [3.05, 3.63) is 65.0 Å². The molecule has 1 aromatic carbocycles. The van der Waals surface area contributed by atoms with Gasteiger partial charge in [0.1, 0.15) is 0 Å². The first kappa shape index (κ1) is 14.7.